The zero-order chi connectivity index (χ0) is 24.7. The molecule has 0 aromatic heterocycles. The maximum absolute atomic E-state index is 14.0. The molecule has 0 heterocycles. The van der Waals surface area contributed by atoms with Crippen LogP contribution in [0.3, 0.4) is 0 Å². The van der Waals surface area contributed by atoms with Crippen LogP contribution in [-0.4, -0.2) is 18.4 Å². The van der Waals surface area contributed by atoms with E-state index in [1.54, 1.807) is 12.1 Å². The molecule has 0 spiro atoms. The van der Waals surface area contributed by atoms with Crippen LogP contribution in [-0.2, 0) is 12.4 Å². The summed E-state index contributed by atoms with van der Waals surface area (Å²) in [5, 5.41) is 0. The van der Waals surface area contributed by atoms with Crippen molar-refractivity contribution in [1.82, 2.24) is 0 Å². The Kier molecular flexibility index (Phi) is 10.2. The Balaban J connectivity index is 2.78. The van der Waals surface area contributed by atoms with Gasteiger partial charge in [0.15, 0.2) is 0 Å². The quantitative estimate of drug-likeness (QED) is 0.184. The zero-order valence-corrected chi connectivity index (χ0v) is 22.5. The van der Waals surface area contributed by atoms with Crippen molar-refractivity contribution in [2.75, 3.05) is 0 Å². The predicted octanol–water partition coefficient (Wildman–Crippen LogP) is 9.45. The summed E-state index contributed by atoms with van der Waals surface area (Å²) in [6.45, 7) is 6.37. The normalized spacial score (nSPS) is 12.9. The van der Waals surface area contributed by atoms with Gasteiger partial charge in [-0.1, -0.05) is 0 Å². The topological polar surface area (TPSA) is 0 Å². The van der Waals surface area contributed by atoms with Gasteiger partial charge in [-0.05, 0) is 0 Å². The van der Waals surface area contributed by atoms with Crippen LogP contribution in [0.15, 0.2) is 42.5 Å². The van der Waals surface area contributed by atoms with E-state index in [0.29, 0.717) is 5.56 Å². The summed E-state index contributed by atoms with van der Waals surface area (Å²) >= 11 is -3.15. The Labute approximate surface area is 197 Å². The number of hydrogen-bond donors (Lipinski definition) is 0. The van der Waals surface area contributed by atoms with E-state index in [1.807, 2.05) is 12.1 Å². The molecule has 0 bridgehead atoms. The van der Waals surface area contributed by atoms with Gasteiger partial charge >= 0.3 is 198 Å². The van der Waals surface area contributed by atoms with Crippen LogP contribution in [0.5, 0.6) is 0 Å². The third-order valence-corrected chi connectivity index (χ3v) is 22.2. The second-order valence-corrected chi connectivity index (χ2v) is 22.0. The van der Waals surface area contributed by atoms with Gasteiger partial charge in [-0.15, -0.1) is 0 Å². The van der Waals surface area contributed by atoms with Gasteiger partial charge in [0.05, 0.1) is 0 Å². The van der Waals surface area contributed by atoms with E-state index in [-0.39, 0.29) is 11.6 Å². The first kappa shape index (κ1) is 28.1. The minimum atomic E-state index is -4.88. The van der Waals surface area contributed by atoms with Crippen molar-refractivity contribution in [3.8, 4) is 11.1 Å². The van der Waals surface area contributed by atoms with E-state index in [9.17, 15) is 26.3 Å². The number of alkyl halides is 6. The SMILES string of the molecule is CCC[CH2][Sn]([CH2]CCC)([CH2]CCC)[c]1ccccc1-c1ccc(C(F)(F)F)cc1C(F)(F)F. The van der Waals surface area contributed by atoms with Crippen molar-refractivity contribution in [1.29, 1.82) is 0 Å². The second-order valence-electron chi connectivity index (χ2n) is 8.89. The van der Waals surface area contributed by atoms with Crippen molar-refractivity contribution in [2.45, 2.75) is 85.0 Å². The summed E-state index contributed by atoms with van der Waals surface area (Å²) in [4.78, 5) is 0. The Morgan fingerprint density at radius 2 is 1.15 bits per heavy atom. The molecule has 0 aliphatic rings. The van der Waals surface area contributed by atoms with Gasteiger partial charge in [0, 0.05) is 0 Å². The first-order valence-electron chi connectivity index (χ1n) is 11.9. The van der Waals surface area contributed by atoms with Crippen molar-refractivity contribution in [3.63, 3.8) is 0 Å². The summed E-state index contributed by atoms with van der Waals surface area (Å²) in [7, 11) is 0. The van der Waals surface area contributed by atoms with Gasteiger partial charge in [0.1, 0.15) is 0 Å². The van der Waals surface area contributed by atoms with Crippen LogP contribution in [0.1, 0.15) is 70.4 Å². The van der Waals surface area contributed by atoms with E-state index in [1.165, 1.54) is 0 Å². The molecule has 33 heavy (non-hydrogen) atoms. The van der Waals surface area contributed by atoms with Crippen LogP contribution in [0.4, 0.5) is 26.3 Å². The molecule has 0 saturated heterocycles. The molecule has 0 amide bonds. The molecule has 0 radical (unpaired) electrons. The molecule has 0 fully saturated rings. The molecule has 0 N–H and O–H groups in total. The fourth-order valence-electron chi connectivity index (χ4n) is 4.69. The molecule has 2 aromatic carbocycles. The van der Waals surface area contributed by atoms with E-state index >= 15 is 0 Å². The molecular formula is C26H34F6Sn. The molecule has 2 aromatic rings. The number of hydrogen-bond acceptors (Lipinski definition) is 0. The Bertz CT molecular complexity index is 863. The molecule has 0 nitrogen and oxygen atoms in total. The summed E-state index contributed by atoms with van der Waals surface area (Å²) < 4.78 is 85.8. The van der Waals surface area contributed by atoms with E-state index in [2.05, 4.69) is 20.8 Å². The zero-order valence-electron chi connectivity index (χ0n) is 19.7. The third-order valence-electron chi connectivity index (χ3n) is 6.47. The van der Waals surface area contributed by atoms with Gasteiger partial charge in [-0.25, -0.2) is 0 Å². The van der Waals surface area contributed by atoms with Crippen LogP contribution in [0.25, 0.3) is 11.1 Å². The fourth-order valence-corrected chi connectivity index (χ4v) is 21.5. The standard InChI is InChI=1S/C14H7F6.3C4H9.Sn/c15-13(16,17)10-6-7-11(9-4-2-1-3-5-9)12(8-10)14(18,19)20;3*1-3-4-2;/h1-4,6-8H;3*1,3-4H2,2H3;. The molecule has 7 heteroatoms. The summed E-state index contributed by atoms with van der Waals surface area (Å²) in [5.41, 5.74) is -2.12. The van der Waals surface area contributed by atoms with E-state index < -0.39 is 41.9 Å². The van der Waals surface area contributed by atoms with Crippen molar-refractivity contribution >= 4 is 22.0 Å². The molecular weight excluding hydrogens is 545 g/mol. The maximum atomic E-state index is 14.0. The van der Waals surface area contributed by atoms with E-state index in [0.717, 1.165) is 67.5 Å². The molecule has 0 unspecified atom stereocenters. The molecule has 184 valence electrons. The molecule has 0 atom stereocenters. The minimum absolute atomic E-state index is 0.128. The third kappa shape index (κ3) is 7.15. The van der Waals surface area contributed by atoms with Crippen molar-refractivity contribution < 1.29 is 26.3 Å². The van der Waals surface area contributed by atoms with E-state index in [4.69, 9.17) is 0 Å². The van der Waals surface area contributed by atoms with Crippen LogP contribution >= 0.6 is 0 Å². The molecule has 2 rings (SSSR count). The Morgan fingerprint density at radius 1 is 0.636 bits per heavy atom. The first-order valence-corrected chi connectivity index (χ1v) is 19.4. The second kappa shape index (κ2) is 12.0. The first-order chi connectivity index (χ1) is 15.5. The van der Waals surface area contributed by atoms with Crippen molar-refractivity contribution in [2.24, 2.45) is 0 Å². The predicted molar refractivity (Wildman–Crippen MR) is 126 cm³/mol. The summed E-state index contributed by atoms with van der Waals surface area (Å²) in [6, 6.07) is 9.32. The number of benzene rings is 2. The van der Waals surface area contributed by atoms with Crippen LogP contribution < -0.4 is 3.58 Å². The number of unbranched alkanes of at least 4 members (excludes halogenated alkanes) is 3. The monoisotopic (exact) mass is 580 g/mol. The average molecular weight is 579 g/mol. The van der Waals surface area contributed by atoms with Gasteiger partial charge in [-0.3, -0.25) is 0 Å². The van der Waals surface area contributed by atoms with Gasteiger partial charge in [0.25, 0.3) is 0 Å². The summed E-state index contributed by atoms with van der Waals surface area (Å²) in [6.07, 6.45) is -3.53. The van der Waals surface area contributed by atoms with Gasteiger partial charge in [-0.2, -0.15) is 0 Å². The number of rotatable bonds is 11. The Morgan fingerprint density at radius 3 is 1.61 bits per heavy atom. The summed E-state index contributed by atoms with van der Waals surface area (Å²) in [5.74, 6) is 0. The number of halogens is 6. The van der Waals surface area contributed by atoms with Gasteiger partial charge < -0.3 is 0 Å². The average Bonchev–Trinajstić information content (AvgIpc) is 2.77. The van der Waals surface area contributed by atoms with Crippen LogP contribution in [0, 0.1) is 0 Å². The molecule has 0 aliphatic carbocycles. The van der Waals surface area contributed by atoms with Gasteiger partial charge in [0.2, 0.25) is 0 Å². The Hall–Kier alpha value is -1.18. The molecule has 0 saturated carbocycles. The van der Waals surface area contributed by atoms with Crippen molar-refractivity contribution in [3.05, 3.63) is 53.6 Å². The molecule has 0 aliphatic heterocycles. The van der Waals surface area contributed by atoms with Crippen LogP contribution in [0.2, 0.25) is 13.3 Å². The fraction of sp³-hybridized carbons (Fsp3) is 0.538.